The molecule has 3 atom stereocenters. The Hall–Kier alpha value is -0.820. The lowest BCUT2D eigenvalue weighted by atomic mass is 9.94. The van der Waals surface area contributed by atoms with Gasteiger partial charge in [-0.05, 0) is 30.7 Å². The first kappa shape index (κ1) is 7.57. The van der Waals surface area contributed by atoms with Crippen molar-refractivity contribution in [2.24, 2.45) is 5.92 Å². The molecule has 3 rings (SSSR count). The zero-order valence-corrected chi connectivity index (χ0v) is 7.61. The van der Waals surface area contributed by atoms with Crippen LogP contribution in [0.5, 0.6) is 0 Å². The molecule has 68 valence electrons. The molecule has 1 aromatic rings. The molecular formula is C12H14O. The van der Waals surface area contributed by atoms with Gasteiger partial charge in [-0.3, -0.25) is 0 Å². The van der Waals surface area contributed by atoms with Gasteiger partial charge in [0.1, 0.15) is 0 Å². The summed E-state index contributed by atoms with van der Waals surface area (Å²) in [5.74, 6) is 0.565. The lowest BCUT2D eigenvalue weighted by molar-refractivity contribution is 0.159. The molecule has 0 bridgehead atoms. The van der Waals surface area contributed by atoms with Crippen molar-refractivity contribution in [2.45, 2.75) is 30.8 Å². The number of hydrogen-bond acceptors (Lipinski definition) is 1. The Morgan fingerprint density at radius 1 is 1.23 bits per heavy atom. The van der Waals surface area contributed by atoms with E-state index in [9.17, 15) is 5.11 Å². The van der Waals surface area contributed by atoms with E-state index < -0.39 is 0 Å². The summed E-state index contributed by atoms with van der Waals surface area (Å²) in [4.78, 5) is 0. The van der Waals surface area contributed by atoms with Crippen LogP contribution in [0.25, 0.3) is 0 Å². The molecule has 0 aliphatic heterocycles. The molecule has 0 spiro atoms. The second-order valence-corrected chi connectivity index (χ2v) is 4.44. The molecule has 2 fully saturated rings. The average Bonchev–Trinajstić information content (AvgIpc) is 2.85. The highest BCUT2D eigenvalue weighted by Gasteiger charge is 2.61. The van der Waals surface area contributed by atoms with E-state index in [-0.39, 0.29) is 6.10 Å². The highest BCUT2D eigenvalue weighted by Crippen LogP contribution is 2.64. The molecule has 3 unspecified atom stereocenters. The summed E-state index contributed by atoms with van der Waals surface area (Å²) >= 11 is 0. The minimum atomic E-state index is -0.0276. The van der Waals surface area contributed by atoms with Crippen LogP contribution in [0.1, 0.15) is 24.8 Å². The zero-order chi connectivity index (χ0) is 8.89. The minimum absolute atomic E-state index is 0.0276. The van der Waals surface area contributed by atoms with Gasteiger partial charge in [0.25, 0.3) is 0 Å². The third kappa shape index (κ3) is 0.910. The molecule has 1 aromatic carbocycles. The molecule has 0 saturated heterocycles. The van der Waals surface area contributed by atoms with Gasteiger partial charge < -0.3 is 5.11 Å². The van der Waals surface area contributed by atoms with Gasteiger partial charge in [0.05, 0.1) is 6.10 Å². The number of aliphatic hydroxyl groups excluding tert-OH is 1. The van der Waals surface area contributed by atoms with Crippen LogP contribution in [0.3, 0.4) is 0 Å². The summed E-state index contributed by atoms with van der Waals surface area (Å²) in [5, 5.41) is 9.67. The van der Waals surface area contributed by atoms with E-state index in [1.165, 1.54) is 18.4 Å². The summed E-state index contributed by atoms with van der Waals surface area (Å²) < 4.78 is 0. The van der Waals surface area contributed by atoms with Gasteiger partial charge in [-0.15, -0.1) is 0 Å². The molecule has 13 heavy (non-hydrogen) atoms. The van der Waals surface area contributed by atoms with Gasteiger partial charge in [0.15, 0.2) is 0 Å². The normalized spacial score (nSPS) is 41.6. The van der Waals surface area contributed by atoms with Crippen LogP contribution in [0.15, 0.2) is 30.3 Å². The van der Waals surface area contributed by atoms with E-state index in [1.807, 2.05) is 0 Å². The Morgan fingerprint density at radius 2 is 2.00 bits per heavy atom. The van der Waals surface area contributed by atoms with Crippen LogP contribution in [0.4, 0.5) is 0 Å². The van der Waals surface area contributed by atoms with Gasteiger partial charge in [0, 0.05) is 5.41 Å². The number of benzene rings is 1. The SMILES string of the molecule is OC1CCC2(c3ccccc3)CC12. The van der Waals surface area contributed by atoms with Crippen molar-refractivity contribution in [1.29, 1.82) is 0 Å². The van der Waals surface area contributed by atoms with E-state index >= 15 is 0 Å². The average molecular weight is 174 g/mol. The number of aliphatic hydroxyl groups is 1. The third-order valence-electron chi connectivity index (χ3n) is 3.83. The molecule has 0 amide bonds. The van der Waals surface area contributed by atoms with Crippen LogP contribution in [-0.2, 0) is 5.41 Å². The van der Waals surface area contributed by atoms with Gasteiger partial charge in [-0.25, -0.2) is 0 Å². The topological polar surface area (TPSA) is 20.2 Å². The first-order valence-electron chi connectivity index (χ1n) is 5.06. The smallest absolute Gasteiger partial charge is 0.0577 e. The lowest BCUT2D eigenvalue weighted by Gasteiger charge is -2.10. The third-order valence-corrected chi connectivity index (χ3v) is 3.83. The van der Waals surface area contributed by atoms with Gasteiger partial charge in [0.2, 0.25) is 0 Å². The van der Waals surface area contributed by atoms with E-state index in [2.05, 4.69) is 30.3 Å². The van der Waals surface area contributed by atoms with Crippen LogP contribution in [0.2, 0.25) is 0 Å². The fourth-order valence-electron chi connectivity index (χ4n) is 2.98. The predicted molar refractivity (Wildman–Crippen MR) is 51.5 cm³/mol. The molecule has 1 heteroatoms. The zero-order valence-electron chi connectivity index (χ0n) is 7.61. The largest absolute Gasteiger partial charge is 0.393 e. The minimum Gasteiger partial charge on any atom is -0.393 e. The fourth-order valence-corrected chi connectivity index (χ4v) is 2.98. The van der Waals surface area contributed by atoms with Crippen molar-refractivity contribution in [2.75, 3.05) is 0 Å². The van der Waals surface area contributed by atoms with Crippen LogP contribution >= 0.6 is 0 Å². The summed E-state index contributed by atoms with van der Waals surface area (Å²) in [6.45, 7) is 0. The highest BCUT2D eigenvalue weighted by molar-refractivity contribution is 5.36. The van der Waals surface area contributed by atoms with Crippen LogP contribution in [-0.4, -0.2) is 11.2 Å². The van der Waals surface area contributed by atoms with E-state index in [0.717, 1.165) is 6.42 Å². The number of hydrogen-bond donors (Lipinski definition) is 1. The Kier molecular flexibility index (Phi) is 1.37. The first-order valence-corrected chi connectivity index (χ1v) is 5.06. The van der Waals surface area contributed by atoms with Crippen molar-refractivity contribution >= 4 is 0 Å². The Balaban J connectivity index is 1.96. The van der Waals surface area contributed by atoms with Gasteiger partial charge in [-0.1, -0.05) is 30.3 Å². The second kappa shape index (κ2) is 2.36. The number of rotatable bonds is 1. The van der Waals surface area contributed by atoms with E-state index in [4.69, 9.17) is 0 Å². The first-order chi connectivity index (χ1) is 6.33. The summed E-state index contributed by atoms with van der Waals surface area (Å²) in [7, 11) is 0. The van der Waals surface area contributed by atoms with Crippen molar-refractivity contribution in [1.82, 2.24) is 0 Å². The summed E-state index contributed by atoms with van der Waals surface area (Å²) in [5.41, 5.74) is 1.82. The van der Waals surface area contributed by atoms with E-state index in [0.29, 0.717) is 11.3 Å². The summed E-state index contributed by atoms with van der Waals surface area (Å²) in [6.07, 6.45) is 3.36. The summed E-state index contributed by atoms with van der Waals surface area (Å²) in [6, 6.07) is 10.7. The van der Waals surface area contributed by atoms with Crippen molar-refractivity contribution in [3.8, 4) is 0 Å². The molecule has 0 heterocycles. The number of fused-ring (bicyclic) bond motifs is 1. The molecule has 2 aliphatic carbocycles. The molecule has 0 radical (unpaired) electrons. The molecule has 0 aromatic heterocycles. The Morgan fingerprint density at radius 3 is 2.54 bits per heavy atom. The van der Waals surface area contributed by atoms with E-state index in [1.54, 1.807) is 0 Å². The maximum Gasteiger partial charge on any atom is 0.0577 e. The standard InChI is InChI=1S/C12H14O/c13-11-6-7-12(8-10(11)12)9-4-2-1-3-5-9/h1-5,10-11,13H,6-8H2. The quantitative estimate of drug-likeness (QED) is 0.691. The fraction of sp³-hybridized carbons (Fsp3) is 0.500. The van der Waals surface area contributed by atoms with Crippen molar-refractivity contribution < 1.29 is 5.11 Å². The van der Waals surface area contributed by atoms with Crippen molar-refractivity contribution in [3.05, 3.63) is 35.9 Å². The molecule has 1 N–H and O–H groups in total. The molecule has 1 nitrogen and oxygen atoms in total. The van der Waals surface area contributed by atoms with Crippen LogP contribution in [0, 0.1) is 5.92 Å². The van der Waals surface area contributed by atoms with Crippen LogP contribution < -0.4 is 0 Å². The van der Waals surface area contributed by atoms with Crippen molar-refractivity contribution in [3.63, 3.8) is 0 Å². The Bertz CT molecular complexity index is 319. The second-order valence-electron chi connectivity index (χ2n) is 4.44. The highest BCUT2D eigenvalue weighted by atomic mass is 16.3. The lowest BCUT2D eigenvalue weighted by Crippen LogP contribution is -2.06. The maximum atomic E-state index is 9.67. The Labute approximate surface area is 78.4 Å². The molecule has 2 saturated carbocycles. The molecule has 2 aliphatic rings. The molecular weight excluding hydrogens is 160 g/mol. The van der Waals surface area contributed by atoms with Gasteiger partial charge in [-0.2, -0.15) is 0 Å². The maximum absolute atomic E-state index is 9.67. The predicted octanol–water partition coefficient (Wildman–Crippen LogP) is 2.10. The van der Waals surface area contributed by atoms with Gasteiger partial charge >= 0.3 is 0 Å². The monoisotopic (exact) mass is 174 g/mol.